The molecule has 23 heavy (non-hydrogen) atoms. The second-order valence-electron chi connectivity index (χ2n) is 6.43. The highest BCUT2D eigenvalue weighted by atomic mass is 35.5. The van der Waals surface area contributed by atoms with Crippen molar-refractivity contribution in [2.45, 2.75) is 57.7 Å². The van der Waals surface area contributed by atoms with E-state index in [1.165, 1.54) is 0 Å². The predicted molar refractivity (Wildman–Crippen MR) is 93.5 cm³/mol. The summed E-state index contributed by atoms with van der Waals surface area (Å²) in [5.41, 5.74) is 1.08. The molecule has 2 N–H and O–H groups in total. The van der Waals surface area contributed by atoms with E-state index < -0.39 is 0 Å². The molecule has 1 amide bonds. The number of carbonyl (C=O) groups excluding carboxylic acids is 1. The molecule has 1 aromatic carbocycles. The van der Waals surface area contributed by atoms with Crippen LogP contribution in [-0.2, 0) is 4.79 Å². The van der Waals surface area contributed by atoms with Crippen LogP contribution in [0.3, 0.4) is 0 Å². The van der Waals surface area contributed by atoms with E-state index in [9.17, 15) is 9.90 Å². The standard InChI is InChI=1S/C18H27ClN2O2/c1-3-17(14-6-8-15(19)9-7-14)20-18(23)12-21-10-4-5-16(21)11-13(2)22/h6-9,13,16-17,22H,3-5,10-12H2,1-2H3,(H,20,23). The van der Waals surface area contributed by atoms with Crippen molar-refractivity contribution in [3.8, 4) is 0 Å². The number of carbonyl (C=O) groups is 1. The van der Waals surface area contributed by atoms with Crippen LogP contribution in [0.15, 0.2) is 24.3 Å². The number of likely N-dealkylation sites (tertiary alicyclic amines) is 1. The number of nitrogens with one attached hydrogen (secondary N) is 1. The van der Waals surface area contributed by atoms with Crippen LogP contribution in [0.5, 0.6) is 0 Å². The van der Waals surface area contributed by atoms with Gasteiger partial charge in [-0.25, -0.2) is 0 Å². The molecule has 2 rings (SSSR count). The van der Waals surface area contributed by atoms with Crippen molar-refractivity contribution in [1.29, 1.82) is 0 Å². The molecule has 1 aliphatic heterocycles. The average Bonchev–Trinajstić information content (AvgIpc) is 2.92. The molecule has 1 saturated heterocycles. The van der Waals surface area contributed by atoms with Crippen LogP contribution in [0.2, 0.25) is 5.02 Å². The third kappa shape index (κ3) is 5.48. The number of aliphatic hydroxyl groups excluding tert-OH is 1. The highest BCUT2D eigenvalue weighted by Gasteiger charge is 2.27. The molecule has 5 heteroatoms. The monoisotopic (exact) mass is 338 g/mol. The van der Waals surface area contributed by atoms with Crippen LogP contribution >= 0.6 is 11.6 Å². The molecular formula is C18H27ClN2O2. The van der Waals surface area contributed by atoms with Crippen molar-refractivity contribution in [1.82, 2.24) is 10.2 Å². The zero-order valence-electron chi connectivity index (χ0n) is 14.0. The molecule has 3 unspecified atom stereocenters. The molecule has 3 atom stereocenters. The van der Waals surface area contributed by atoms with Gasteiger partial charge in [0, 0.05) is 11.1 Å². The van der Waals surface area contributed by atoms with Crippen LogP contribution < -0.4 is 5.32 Å². The second-order valence-corrected chi connectivity index (χ2v) is 6.87. The van der Waals surface area contributed by atoms with Crippen molar-refractivity contribution in [3.05, 3.63) is 34.9 Å². The molecule has 0 aliphatic carbocycles. The molecule has 4 nitrogen and oxygen atoms in total. The Hall–Kier alpha value is -1.10. The fourth-order valence-electron chi connectivity index (χ4n) is 3.30. The van der Waals surface area contributed by atoms with Gasteiger partial charge >= 0.3 is 0 Å². The van der Waals surface area contributed by atoms with Gasteiger partial charge in [-0.3, -0.25) is 9.69 Å². The van der Waals surface area contributed by atoms with Crippen LogP contribution in [0.1, 0.15) is 51.1 Å². The number of halogens is 1. The first kappa shape index (κ1) is 18.2. The zero-order valence-corrected chi connectivity index (χ0v) is 14.7. The van der Waals surface area contributed by atoms with Crippen LogP contribution in [0.4, 0.5) is 0 Å². The molecule has 1 aliphatic rings. The van der Waals surface area contributed by atoms with E-state index in [4.69, 9.17) is 11.6 Å². The number of hydrogen-bond acceptors (Lipinski definition) is 3. The third-order valence-corrected chi connectivity index (χ3v) is 4.73. The molecule has 0 aromatic heterocycles. The fourth-order valence-corrected chi connectivity index (χ4v) is 3.43. The van der Waals surface area contributed by atoms with E-state index in [0.29, 0.717) is 17.6 Å². The average molecular weight is 339 g/mol. The van der Waals surface area contributed by atoms with Gasteiger partial charge in [0.05, 0.1) is 18.7 Å². The first-order chi connectivity index (χ1) is 11.0. The Morgan fingerprint density at radius 1 is 1.43 bits per heavy atom. The highest BCUT2D eigenvalue weighted by molar-refractivity contribution is 6.30. The lowest BCUT2D eigenvalue weighted by atomic mass is 10.0. The minimum absolute atomic E-state index is 0.0117. The van der Waals surface area contributed by atoms with Gasteiger partial charge < -0.3 is 10.4 Å². The molecule has 0 radical (unpaired) electrons. The van der Waals surface area contributed by atoms with Crippen molar-refractivity contribution < 1.29 is 9.90 Å². The van der Waals surface area contributed by atoms with E-state index >= 15 is 0 Å². The Labute approximate surface area is 143 Å². The smallest absolute Gasteiger partial charge is 0.234 e. The van der Waals surface area contributed by atoms with Gasteiger partial charge in [0.15, 0.2) is 0 Å². The summed E-state index contributed by atoms with van der Waals surface area (Å²) in [7, 11) is 0. The van der Waals surface area contributed by atoms with E-state index in [1.807, 2.05) is 31.2 Å². The zero-order chi connectivity index (χ0) is 16.8. The van der Waals surface area contributed by atoms with Crippen LogP contribution in [-0.4, -0.2) is 41.1 Å². The summed E-state index contributed by atoms with van der Waals surface area (Å²) in [4.78, 5) is 14.6. The summed E-state index contributed by atoms with van der Waals surface area (Å²) in [6, 6.07) is 7.95. The first-order valence-corrected chi connectivity index (χ1v) is 8.84. The van der Waals surface area contributed by atoms with Crippen molar-refractivity contribution >= 4 is 17.5 Å². The lowest BCUT2D eigenvalue weighted by Crippen LogP contribution is -2.41. The normalized spacial score (nSPS) is 21.1. The number of amides is 1. The van der Waals surface area contributed by atoms with Gasteiger partial charge in [-0.1, -0.05) is 30.7 Å². The molecule has 0 saturated carbocycles. The Morgan fingerprint density at radius 2 is 2.13 bits per heavy atom. The Balaban J connectivity index is 1.90. The van der Waals surface area contributed by atoms with E-state index in [0.717, 1.165) is 37.8 Å². The quantitative estimate of drug-likeness (QED) is 0.803. The summed E-state index contributed by atoms with van der Waals surface area (Å²) >= 11 is 5.92. The fraction of sp³-hybridized carbons (Fsp3) is 0.611. The molecular weight excluding hydrogens is 312 g/mol. The maximum absolute atomic E-state index is 12.4. The number of rotatable bonds is 7. The van der Waals surface area contributed by atoms with Gasteiger partial charge in [-0.05, 0) is 56.8 Å². The topological polar surface area (TPSA) is 52.6 Å². The predicted octanol–water partition coefficient (Wildman–Crippen LogP) is 3.14. The van der Waals surface area contributed by atoms with Gasteiger partial charge in [-0.2, -0.15) is 0 Å². The van der Waals surface area contributed by atoms with Gasteiger partial charge in [-0.15, -0.1) is 0 Å². The van der Waals surface area contributed by atoms with E-state index in [1.54, 1.807) is 0 Å². The molecule has 0 spiro atoms. The summed E-state index contributed by atoms with van der Waals surface area (Å²) in [5, 5.41) is 13.4. The van der Waals surface area contributed by atoms with Gasteiger partial charge in [0.25, 0.3) is 0 Å². The molecule has 1 aromatic rings. The van der Waals surface area contributed by atoms with Crippen molar-refractivity contribution in [2.24, 2.45) is 0 Å². The number of benzene rings is 1. The Morgan fingerprint density at radius 3 is 2.74 bits per heavy atom. The summed E-state index contributed by atoms with van der Waals surface area (Å²) < 4.78 is 0. The second kappa shape index (κ2) is 8.67. The molecule has 1 heterocycles. The summed E-state index contributed by atoms with van der Waals surface area (Å²) in [5.74, 6) is 0.0456. The minimum Gasteiger partial charge on any atom is -0.393 e. The number of nitrogens with zero attached hydrogens (tertiary/aromatic N) is 1. The SMILES string of the molecule is CCC(NC(=O)CN1CCCC1CC(C)O)c1ccc(Cl)cc1. The van der Waals surface area contributed by atoms with Crippen LogP contribution in [0.25, 0.3) is 0 Å². The molecule has 0 bridgehead atoms. The third-order valence-electron chi connectivity index (χ3n) is 4.47. The molecule has 1 fully saturated rings. The van der Waals surface area contributed by atoms with Crippen LogP contribution in [0, 0.1) is 0 Å². The minimum atomic E-state index is -0.318. The van der Waals surface area contributed by atoms with E-state index in [-0.39, 0.29) is 18.1 Å². The van der Waals surface area contributed by atoms with Crippen molar-refractivity contribution in [3.63, 3.8) is 0 Å². The molecule has 128 valence electrons. The first-order valence-electron chi connectivity index (χ1n) is 8.46. The lowest BCUT2D eigenvalue weighted by Gasteiger charge is -2.26. The lowest BCUT2D eigenvalue weighted by molar-refractivity contribution is -0.123. The van der Waals surface area contributed by atoms with Crippen molar-refractivity contribution in [2.75, 3.05) is 13.1 Å². The Kier molecular flexibility index (Phi) is 6.88. The number of aliphatic hydroxyl groups is 1. The maximum atomic E-state index is 12.4. The highest BCUT2D eigenvalue weighted by Crippen LogP contribution is 2.22. The maximum Gasteiger partial charge on any atom is 0.234 e. The van der Waals surface area contributed by atoms with Gasteiger partial charge in [0.1, 0.15) is 0 Å². The van der Waals surface area contributed by atoms with E-state index in [2.05, 4.69) is 17.1 Å². The summed E-state index contributed by atoms with van der Waals surface area (Å²) in [6.45, 7) is 5.21. The number of hydrogen-bond donors (Lipinski definition) is 2. The Bertz CT molecular complexity index is 504. The van der Waals surface area contributed by atoms with Gasteiger partial charge in [0.2, 0.25) is 5.91 Å². The largest absolute Gasteiger partial charge is 0.393 e. The summed E-state index contributed by atoms with van der Waals surface area (Å²) in [6.07, 6.45) is 3.42.